The predicted molar refractivity (Wildman–Crippen MR) is 142 cm³/mol. The van der Waals surface area contributed by atoms with Crippen molar-refractivity contribution in [2.75, 3.05) is 32.6 Å². The van der Waals surface area contributed by atoms with Gasteiger partial charge in [-0.25, -0.2) is 0 Å². The minimum absolute atomic E-state index is 0. The molecule has 3 aromatic carbocycles. The summed E-state index contributed by atoms with van der Waals surface area (Å²) in [5.41, 5.74) is -0.466. The molecule has 6 heteroatoms. The zero-order valence-corrected chi connectivity index (χ0v) is 23.3. The highest BCUT2D eigenvalue weighted by molar-refractivity contribution is 7.95. The van der Waals surface area contributed by atoms with Crippen molar-refractivity contribution in [3.63, 3.8) is 0 Å². The van der Waals surface area contributed by atoms with Gasteiger partial charge >= 0.3 is 5.97 Å². The van der Waals surface area contributed by atoms with Crippen molar-refractivity contribution in [3.05, 3.63) is 91.0 Å². The molecule has 0 aliphatic carbocycles. The number of hydrogen-bond acceptors (Lipinski definition) is 4. The lowest BCUT2D eigenvalue weighted by molar-refractivity contribution is -0.156. The van der Waals surface area contributed by atoms with E-state index < -0.39 is 12.9 Å². The molecule has 4 nitrogen and oxygen atoms in total. The molecule has 0 aromatic heterocycles. The number of carbonyl (C=O) groups is 1. The Hall–Kier alpha value is -2.04. The molecule has 0 aliphatic rings. The van der Waals surface area contributed by atoms with Crippen LogP contribution in [0.1, 0.15) is 27.2 Å². The number of ether oxygens (including phenoxy) is 3. The predicted octanol–water partition coefficient (Wildman–Crippen LogP) is 1.75. The lowest BCUT2D eigenvalue weighted by Crippen LogP contribution is -3.00. The summed E-state index contributed by atoms with van der Waals surface area (Å²) < 4.78 is 16.9. The zero-order valence-electron chi connectivity index (χ0n) is 20.9. The molecule has 0 fully saturated rings. The Morgan fingerprint density at radius 3 is 1.46 bits per heavy atom. The average Bonchev–Trinajstić information content (AvgIpc) is 2.84. The van der Waals surface area contributed by atoms with Gasteiger partial charge in [0.25, 0.3) is 0 Å². The largest absolute Gasteiger partial charge is 1.00 e. The first kappa shape index (κ1) is 29.2. The average molecular weight is 559 g/mol. The molecule has 0 bridgehead atoms. The van der Waals surface area contributed by atoms with Gasteiger partial charge in [-0.3, -0.25) is 4.79 Å². The van der Waals surface area contributed by atoms with Crippen LogP contribution < -0.4 is 32.9 Å². The van der Waals surface area contributed by atoms with E-state index in [1.165, 1.54) is 15.9 Å². The second kappa shape index (κ2) is 14.5. The van der Waals surface area contributed by atoms with Gasteiger partial charge in [0.05, 0.1) is 39.0 Å². The molecule has 0 N–H and O–H groups in total. The fourth-order valence-corrected chi connectivity index (χ4v) is 8.07. The minimum atomic E-state index is -1.87. The first-order chi connectivity index (χ1) is 16.4. The summed E-state index contributed by atoms with van der Waals surface area (Å²) in [5.74, 6) is -0.239. The normalized spacial score (nSPS) is 11.5. The van der Waals surface area contributed by atoms with Gasteiger partial charge in [0.2, 0.25) is 0 Å². The Balaban J connectivity index is 0.00000432. The SMILES string of the molecule is CC(C)(C)OC(=O)CCOCCOCC[P+](c1ccccc1)(c1ccccc1)c1ccccc1.[Br-]. The summed E-state index contributed by atoms with van der Waals surface area (Å²) >= 11 is 0. The van der Waals surface area contributed by atoms with Crippen LogP contribution in [0, 0.1) is 0 Å². The maximum atomic E-state index is 11.8. The molecule has 0 saturated carbocycles. The fraction of sp³-hybridized carbons (Fsp3) is 0.345. The van der Waals surface area contributed by atoms with Gasteiger partial charge in [-0.1, -0.05) is 54.6 Å². The van der Waals surface area contributed by atoms with Crippen molar-refractivity contribution in [2.24, 2.45) is 0 Å². The van der Waals surface area contributed by atoms with E-state index in [0.29, 0.717) is 26.4 Å². The van der Waals surface area contributed by atoms with Crippen molar-refractivity contribution in [2.45, 2.75) is 32.8 Å². The van der Waals surface area contributed by atoms with Gasteiger partial charge in [0, 0.05) is 0 Å². The summed E-state index contributed by atoms with van der Waals surface area (Å²) in [6.45, 7) is 7.51. The maximum Gasteiger partial charge on any atom is 0.308 e. The van der Waals surface area contributed by atoms with Gasteiger partial charge in [-0.2, -0.15) is 0 Å². The van der Waals surface area contributed by atoms with Crippen LogP contribution in [-0.4, -0.2) is 44.2 Å². The van der Waals surface area contributed by atoms with E-state index in [1.54, 1.807) is 0 Å². The van der Waals surface area contributed by atoms with Crippen molar-refractivity contribution in [1.82, 2.24) is 0 Å². The van der Waals surface area contributed by atoms with Crippen LogP contribution >= 0.6 is 7.26 Å². The van der Waals surface area contributed by atoms with E-state index in [9.17, 15) is 4.79 Å². The number of benzene rings is 3. The molecule has 0 spiro atoms. The van der Waals surface area contributed by atoms with Gasteiger partial charge in [0.15, 0.2) is 0 Å². The van der Waals surface area contributed by atoms with Crippen LogP contribution in [0.5, 0.6) is 0 Å². The van der Waals surface area contributed by atoms with Crippen molar-refractivity contribution in [1.29, 1.82) is 0 Å². The molecule has 35 heavy (non-hydrogen) atoms. The smallest absolute Gasteiger partial charge is 0.308 e. The number of carbonyl (C=O) groups excluding carboxylic acids is 1. The number of hydrogen-bond donors (Lipinski definition) is 0. The van der Waals surface area contributed by atoms with E-state index in [0.717, 1.165) is 6.16 Å². The third kappa shape index (κ3) is 8.84. The standard InChI is InChI=1S/C29H36O4P.BrH/c1-29(2,3)33-28(30)19-20-31-21-22-32-23-24-34(25-13-7-4-8-14-25,26-15-9-5-10-16-26)27-17-11-6-12-18-27;/h4-18H,19-24H2,1-3H3;1H/q+1;/p-1. The first-order valence-electron chi connectivity index (χ1n) is 11.8. The monoisotopic (exact) mass is 558 g/mol. The summed E-state index contributed by atoms with van der Waals surface area (Å²) in [6, 6.07) is 32.4. The highest BCUT2D eigenvalue weighted by Gasteiger charge is 2.44. The molecule has 0 radical (unpaired) electrons. The van der Waals surface area contributed by atoms with E-state index in [4.69, 9.17) is 14.2 Å². The molecule has 0 heterocycles. The van der Waals surface area contributed by atoms with Gasteiger partial charge in [-0.15, -0.1) is 0 Å². The Morgan fingerprint density at radius 1 is 0.657 bits per heavy atom. The van der Waals surface area contributed by atoms with Crippen LogP contribution in [0.3, 0.4) is 0 Å². The van der Waals surface area contributed by atoms with E-state index in [2.05, 4.69) is 91.0 Å². The highest BCUT2D eigenvalue weighted by Crippen LogP contribution is 2.54. The molecule has 0 atom stereocenters. The molecule has 0 saturated heterocycles. The second-order valence-electron chi connectivity index (χ2n) is 9.10. The third-order valence-electron chi connectivity index (χ3n) is 5.40. The van der Waals surface area contributed by atoms with E-state index >= 15 is 0 Å². The molecule has 3 rings (SSSR count). The summed E-state index contributed by atoms with van der Waals surface area (Å²) in [5, 5.41) is 4.05. The number of rotatable bonds is 12. The molecule has 0 unspecified atom stereocenters. The molecular weight excluding hydrogens is 523 g/mol. The Bertz CT molecular complexity index is 895. The first-order valence-corrected chi connectivity index (χ1v) is 13.8. The van der Waals surface area contributed by atoms with Crippen molar-refractivity contribution >= 4 is 29.1 Å². The van der Waals surface area contributed by atoms with Crippen LogP contribution in [0.2, 0.25) is 0 Å². The number of halogens is 1. The molecule has 3 aromatic rings. The fourth-order valence-electron chi connectivity index (χ4n) is 3.95. The minimum Gasteiger partial charge on any atom is -1.00 e. The van der Waals surface area contributed by atoms with Crippen molar-refractivity contribution < 1.29 is 36.0 Å². The lowest BCUT2D eigenvalue weighted by atomic mass is 10.2. The second-order valence-corrected chi connectivity index (χ2v) is 12.7. The maximum absolute atomic E-state index is 11.8. The van der Waals surface area contributed by atoms with Crippen LogP contribution in [-0.2, 0) is 19.0 Å². The Morgan fingerprint density at radius 2 is 1.06 bits per heavy atom. The van der Waals surface area contributed by atoms with Crippen molar-refractivity contribution in [3.8, 4) is 0 Å². The topological polar surface area (TPSA) is 44.8 Å². The van der Waals surface area contributed by atoms with Crippen LogP contribution in [0.25, 0.3) is 0 Å². The van der Waals surface area contributed by atoms with Crippen LogP contribution in [0.4, 0.5) is 0 Å². The number of esters is 1. The summed E-state index contributed by atoms with van der Waals surface area (Å²) in [7, 11) is -1.87. The molecule has 0 amide bonds. The quantitative estimate of drug-likeness (QED) is 0.193. The highest BCUT2D eigenvalue weighted by atomic mass is 79.9. The van der Waals surface area contributed by atoms with Crippen LogP contribution in [0.15, 0.2) is 91.0 Å². The molecular formula is C29H36BrO4P. The Kier molecular flexibility index (Phi) is 12.1. The van der Waals surface area contributed by atoms with Gasteiger partial charge < -0.3 is 31.2 Å². The third-order valence-corrected chi connectivity index (χ3v) is 9.80. The van der Waals surface area contributed by atoms with E-state index in [-0.39, 0.29) is 29.4 Å². The molecule has 0 aliphatic heterocycles. The van der Waals surface area contributed by atoms with Gasteiger partial charge in [-0.05, 0) is 57.2 Å². The van der Waals surface area contributed by atoms with E-state index in [1.807, 2.05) is 20.8 Å². The summed E-state index contributed by atoms with van der Waals surface area (Å²) in [6.07, 6.45) is 1.16. The summed E-state index contributed by atoms with van der Waals surface area (Å²) in [4.78, 5) is 11.8. The lowest BCUT2D eigenvalue weighted by Gasteiger charge is -2.27. The molecule has 188 valence electrons. The Labute approximate surface area is 221 Å². The van der Waals surface area contributed by atoms with Gasteiger partial charge in [0.1, 0.15) is 28.8 Å². The zero-order chi connectivity index (χ0) is 24.3.